The molecule has 0 bridgehead atoms. The summed E-state index contributed by atoms with van der Waals surface area (Å²) >= 11 is 6.05. The highest BCUT2D eigenvalue weighted by atomic mass is 35.5. The van der Waals surface area contributed by atoms with Crippen LogP contribution in [0, 0.1) is 0 Å². The summed E-state index contributed by atoms with van der Waals surface area (Å²) in [4.78, 5) is 0. The van der Waals surface area contributed by atoms with Crippen LogP contribution in [0.4, 0.5) is 5.69 Å². The van der Waals surface area contributed by atoms with Crippen molar-refractivity contribution in [3.8, 4) is 5.75 Å². The van der Waals surface area contributed by atoms with Crippen molar-refractivity contribution in [2.45, 2.75) is 25.7 Å². The second-order valence-corrected chi connectivity index (χ2v) is 11.4. The van der Waals surface area contributed by atoms with Crippen LogP contribution in [0.1, 0.15) is 0 Å². The molecule has 0 radical (unpaired) electrons. The smallest absolute Gasteiger partial charge is 0.189 e. The van der Waals surface area contributed by atoms with Crippen molar-refractivity contribution in [1.29, 1.82) is 0 Å². The summed E-state index contributed by atoms with van der Waals surface area (Å²) in [5.74, 6) is 0.729. The first-order chi connectivity index (χ1) is 8.42. The van der Waals surface area contributed by atoms with E-state index in [1.54, 1.807) is 6.07 Å². The van der Waals surface area contributed by atoms with Crippen LogP contribution in [0.2, 0.25) is 30.7 Å². The average molecular weight is 288 g/mol. The molecule has 18 heavy (non-hydrogen) atoms. The molecule has 0 aromatic heterocycles. The summed E-state index contributed by atoms with van der Waals surface area (Å²) in [7, 11) is 0.817. The van der Waals surface area contributed by atoms with Crippen molar-refractivity contribution in [3.05, 3.63) is 23.2 Å². The van der Waals surface area contributed by atoms with Crippen LogP contribution in [0.15, 0.2) is 18.2 Å². The van der Waals surface area contributed by atoms with Gasteiger partial charge in [-0.2, -0.15) is 0 Å². The molecule has 0 saturated carbocycles. The fourth-order valence-corrected chi connectivity index (χ4v) is 2.36. The molecule has 0 fully saturated rings. The number of halogens is 1. The van der Waals surface area contributed by atoms with Crippen molar-refractivity contribution in [2.75, 3.05) is 25.8 Å². The zero-order valence-corrected chi connectivity index (χ0v) is 13.3. The maximum absolute atomic E-state index is 6.05. The van der Waals surface area contributed by atoms with Gasteiger partial charge in [-0.25, -0.2) is 0 Å². The molecule has 0 saturated heterocycles. The first-order valence-corrected chi connectivity index (χ1v) is 10.2. The minimum absolute atomic E-state index is 0.277. The molecule has 5 heteroatoms. The number of rotatable bonds is 7. The van der Waals surface area contributed by atoms with E-state index in [-0.39, 0.29) is 6.79 Å². The van der Waals surface area contributed by atoms with Crippen molar-refractivity contribution in [3.63, 3.8) is 0 Å². The Bertz CT molecular complexity index is 380. The lowest BCUT2D eigenvalue weighted by atomic mass is 10.3. The van der Waals surface area contributed by atoms with Gasteiger partial charge in [0.1, 0.15) is 5.75 Å². The van der Waals surface area contributed by atoms with Gasteiger partial charge in [0.05, 0.1) is 10.7 Å². The lowest BCUT2D eigenvalue weighted by Gasteiger charge is -2.15. The first kappa shape index (κ1) is 15.3. The number of benzene rings is 1. The minimum Gasteiger partial charge on any atom is -0.468 e. The third-order valence-electron chi connectivity index (χ3n) is 2.52. The van der Waals surface area contributed by atoms with E-state index in [0.29, 0.717) is 5.02 Å². The van der Waals surface area contributed by atoms with Crippen LogP contribution >= 0.6 is 11.6 Å². The van der Waals surface area contributed by atoms with Gasteiger partial charge in [-0.15, -0.1) is 0 Å². The molecule has 0 unspecified atom stereocenters. The van der Waals surface area contributed by atoms with Gasteiger partial charge in [0.25, 0.3) is 0 Å². The fraction of sp³-hybridized carbons (Fsp3) is 0.538. The SMILES string of the molecule is CNc1ccc(OCOCC[Si](C)(C)C)cc1Cl. The van der Waals surface area contributed by atoms with E-state index in [4.69, 9.17) is 21.1 Å². The number of hydrogen-bond donors (Lipinski definition) is 1. The highest BCUT2D eigenvalue weighted by Gasteiger charge is 2.11. The Kier molecular flexibility index (Phi) is 5.98. The lowest BCUT2D eigenvalue weighted by Crippen LogP contribution is -2.22. The van der Waals surface area contributed by atoms with Crippen molar-refractivity contribution >= 4 is 25.4 Å². The van der Waals surface area contributed by atoms with E-state index in [1.807, 2.05) is 19.2 Å². The molecule has 0 heterocycles. The minimum atomic E-state index is -1.02. The van der Waals surface area contributed by atoms with E-state index in [0.717, 1.165) is 24.1 Å². The van der Waals surface area contributed by atoms with Gasteiger partial charge in [-0.1, -0.05) is 31.2 Å². The van der Waals surface area contributed by atoms with Crippen molar-refractivity contribution in [2.24, 2.45) is 0 Å². The molecule has 0 atom stereocenters. The second-order valence-electron chi connectivity index (χ2n) is 5.37. The molecular weight excluding hydrogens is 266 g/mol. The third-order valence-corrected chi connectivity index (χ3v) is 4.53. The van der Waals surface area contributed by atoms with Crippen LogP contribution in [0.5, 0.6) is 5.75 Å². The largest absolute Gasteiger partial charge is 0.468 e. The number of ether oxygens (including phenoxy) is 2. The van der Waals surface area contributed by atoms with Crippen LogP contribution in [0.25, 0.3) is 0 Å². The molecule has 1 aromatic carbocycles. The summed E-state index contributed by atoms with van der Waals surface area (Å²) in [5, 5.41) is 3.65. The maximum Gasteiger partial charge on any atom is 0.189 e. The predicted octanol–water partition coefficient (Wildman–Crippen LogP) is 4.07. The molecule has 0 amide bonds. The number of hydrogen-bond acceptors (Lipinski definition) is 3. The van der Waals surface area contributed by atoms with Gasteiger partial charge in [0, 0.05) is 27.8 Å². The summed E-state index contributed by atoms with van der Waals surface area (Å²) < 4.78 is 10.9. The molecule has 102 valence electrons. The van der Waals surface area contributed by atoms with Gasteiger partial charge in [0.15, 0.2) is 6.79 Å². The Labute approximate surface area is 115 Å². The summed E-state index contributed by atoms with van der Waals surface area (Å²) in [6.07, 6.45) is 0. The standard InChI is InChI=1S/C13H22ClNO2Si/c1-15-13-6-5-11(9-12(13)14)17-10-16-7-8-18(2,3)4/h5-6,9,15H,7-8,10H2,1-4H3. The zero-order valence-electron chi connectivity index (χ0n) is 11.5. The van der Waals surface area contributed by atoms with Gasteiger partial charge in [-0.05, 0) is 18.2 Å². The molecule has 3 nitrogen and oxygen atoms in total. The normalized spacial score (nSPS) is 11.4. The summed E-state index contributed by atoms with van der Waals surface area (Å²) in [5.41, 5.74) is 0.892. The Morgan fingerprint density at radius 2 is 2.00 bits per heavy atom. The van der Waals surface area contributed by atoms with Gasteiger partial charge >= 0.3 is 0 Å². The highest BCUT2D eigenvalue weighted by molar-refractivity contribution is 6.76. The van der Waals surface area contributed by atoms with Gasteiger partial charge in [0.2, 0.25) is 0 Å². The van der Waals surface area contributed by atoms with Crippen LogP contribution in [0.3, 0.4) is 0 Å². The zero-order chi connectivity index (χ0) is 13.6. The van der Waals surface area contributed by atoms with Crippen molar-refractivity contribution in [1.82, 2.24) is 0 Å². The van der Waals surface area contributed by atoms with E-state index in [1.165, 1.54) is 0 Å². The Balaban J connectivity index is 2.29. The van der Waals surface area contributed by atoms with Gasteiger partial charge < -0.3 is 14.8 Å². The molecule has 1 N–H and O–H groups in total. The van der Waals surface area contributed by atoms with Crippen LogP contribution < -0.4 is 10.1 Å². The third kappa shape index (κ3) is 5.75. The summed E-state index contributed by atoms with van der Waals surface area (Å²) in [6, 6.07) is 6.70. The summed E-state index contributed by atoms with van der Waals surface area (Å²) in [6.45, 7) is 8.02. The molecule has 0 spiro atoms. The predicted molar refractivity (Wildman–Crippen MR) is 80.6 cm³/mol. The molecular formula is C13H22ClNO2Si. The first-order valence-electron chi connectivity index (χ1n) is 6.10. The molecule has 0 aliphatic rings. The number of nitrogens with one attached hydrogen (secondary N) is 1. The van der Waals surface area contributed by atoms with Crippen molar-refractivity contribution < 1.29 is 9.47 Å². The molecule has 1 rings (SSSR count). The second kappa shape index (κ2) is 7.02. The maximum atomic E-state index is 6.05. The molecule has 0 aliphatic carbocycles. The van der Waals surface area contributed by atoms with E-state index >= 15 is 0 Å². The van der Waals surface area contributed by atoms with E-state index in [9.17, 15) is 0 Å². The number of anilines is 1. The lowest BCUT2D eigenvalue weighted by molar-refractivity contribution is 0.0221. The Hall–Kier alpha value is -0.713. The Morgan fingerprint density at radius 3 is 2.56 bits per heavy atom. The highest BCUT2D eigenvalue weighted by Crippen LogP contribution is 2.26. The molecule has 0 aliphatic heterocycles. The fourth-order valence-electron chi connectivity index (χ4n) is 1.34. The van der Waals surface area contributed by atoms with Crippen LogP contribution in [-0.4, -0.2) is 28.5 Å². The topological polar surface area (TPSA) is 30.5 Å². The van der Waals surface area contributed by atoms with Crippen LogP contribution in [-0.2, 0) is 4.74 Å². The van der Waals surface area contributed by atoms with E-state index in [2.05, 4.69) is 25.0 Å². The quantitative estimate of drug-likeness (QED) is 0.466. The van der Waals surface area contributed by atoms with E-state index < -0.39 is 8.07 Å². The monoisotopic (exact) mass is 287 g/mol. The molecule has 1 aromatic rings. The van der Waals surface area contributed by atoms with Gasteiger partial charge in [-0.3, -0.25) is 0 Å². The Morgan fingerprint density at radius 1 is 1.28 bits per heavy atom. The average Bonchev–Trinajstić information content (AvgIpc) is 2.27.